The molecule has 2 heterocycles. The van der Waals surface area contributed by atoms with E-state index in [0.717, 1.165) is 32.7 Å². The fourth-order valence-electron chi connectivity index (χ4n) is 2.64. The van der Waals surface area contributed by atoms with Gasteiger partial charge in [0.05, 0.1) is 11.6 Å². The van der Waals surface area contributed by atoms with Crippen LogP contribution in [0, 0.1) is 0 Å². The predicted octanol–water partition coefficient (Wildman–Crippen LogP) is 2.59. The van der Waals surface area contributed by atoms with Crippen LogP contribution in [-0.2, 0) is 9.47 Å². The second kappa shape index (κ2) is 5.96. The lowest BCUT2D eigenvalue weighted by Gasteiger charge is -2.42. The fraction of sp³-hybridized carbons (Fsp3) is 0.692. The molecule has 0 bridgehead atoms. The minimum Gasteiger partial charge on any atom is -0.381 e. The topological polar surface area (TPSA) is 30.5 Å². The summed E-state index contributed by atoms with van der Waals surface area (Å²) in [5.74, 6) is 0. The lowest BCUT2D eigenvalue weighted by atomic mass is 9.85. The number of hydrogen-bond donors (Lipinski definition) is 1. The summed E-state index contributed by atoms with van der Waals surface area (Å²) in [6.07, 6.45) is 1.93. The highest BCUT2D eigenvalue weighted by Gasteiger charge is 2.41. The highest BCUT2D eigenvalue weighted by atomic mass is 32.1. The van der Waals surface area contributed by atoms with E-state index in [9.17, 15) is 0 Å². The monoisotopic (exact) mass is 255 g/mol. The van der Waals surface area contributed by atoms with Gasteiger partial charge in [0.15, 0.2) is 0 Å². The van der Waals surface area contributed by atoms with E-state index in [0.29, 0.717) is 0 Å². The third-order valence-corrected chi connectivity index (χ3v) is 4.35. The molecule has 3 nitrogen and oxygen atoms in total. The molecule has 0 radical (unpaired) electrons. The van der Waals surface area contributed by atoms with E-state index in [4.69, 9.17) is 9.47 Å². The average molecular weight is 255 g/mol. The smallest absolute Gasteiger partial charge is 0.0927 e. The molecule has 1 atom stereocenters. The van der Waals surface area contributed by atoms with Crippen molar-refractivity contribution in [1.29, 1.82) is 0 Å². The Morgan fingerprint density at radius 1 is 1.53 bits per heavy atom. The molecule has 0 saturated carbocycles. The van der Waals surface area contributed by atoms with Crippen molar-refractivity contribution in [3.05, 3.63) is 22.4 Å². The van der Waals surface area contributed by atoms with Crippen LogP contribution in [0.15, 0.2) is 17.5 Å². The van der Waals surface area contributed by atoms with E-state index in [2.05, 4.69) is 29.8 Å². The molecular weight excluding hydrogens is 234 g/mol. The van der Waals surface area contributed by atoms with E-state index in [1.165, 1.54) is 4.88 Å². The third kappa shape index (κ3) is 2.71. The maximum absolute atomic E-state index is 6.11. The van der Waals surface area contributed by atoms with E-state index in [1.807, 2.05) is 7.05 Å². The van der Waals surface area contributed by atoms with Crippen LogP contribution in [0.4, 0.5) is 0 Å². The average Bonchev–Trinajstić information content (AvgIpc) is 2.85. The Bertz CT molecular complexity index is 315. The molecule has 0 aromatic carbocycles. The molecule has 1 aliphatic rings. The Labute approximate surface area is 107 Å². The van der Waals surface area contributed by atoms with Crippen molar-refractivity contribution in [2.75, 3.05) is 26.9 Å². The van der Waals surface area contributed by atoms with Crippen molar-refractivity contribution < 1.29 is 9.47 Å². The normalized spacial score (nSPS) is 21.3. The standard InChI is InChI=1S/C13H21NO2S/c1-3-16-13(6-8-15-9-7-13)12(14-2)11-5-4-10-17-11/h4-5,10,12,14H,3,6-9H2,1-2H3. The Balaban J connectivity index is 2.23. The zero-order chi connectivity index (χ0) is 12.1. The number of hydrogen-bond acceptors (Lipinski definition) is 4. The van der Waals surface area contributed by atoms with Gasteiger partial charge in [0, 0.05) is 37.5 Å². The number of nitrogens with one attached hydrogen (secondary N) is 1. The molecule has 1 aromatic rings. The maximum atomic E-state index is 6.11. The van der Waals surface area contributed by atoms with Crippen LogP contribution in [0.25, 0.3) is 0 Å². The Kier molecular flexibility index (Phi) is 4.56. The molecule has 0 amide bonds. The first kappa shape index (κ1) is 13.0. The maximum Gasteiger partial charge on any atom is 0.0927 e. The van der Waals surface area contributed by atoms with Gasteiger partial charge in [-0.25, -0.2) is 0 Å². The molecular formula is C13H21NO2S. The van der Waals surface area contributed by atoms with Gasteiger partial charge in [-0.15, -0.1) is 11.3 Å². The Morgan fingerprint density at radius 3 is 2.82 bits per heavy atom. The molecule has 1 aliphatic heterocycles. The molecule has 0 spiro atoms. The second-order valence-corrected chi connectivity index (χ2v) is 5.33. The number of ether oxygens (including phenoxy) is 2. The molecule has 17 heavy (non-hydrogen) atoms. The van der Waals surface area contributed by atoms with E-state index in [-0.39, 0.29) is 11.6 Å². The number of thiophene rings is 1. The van der Waals surface area contributed by atoms with Crippen LogP contribution >= 0.6 is 11.3 Å². The van der Waals surface area contributed by atoms with E-state index < -0.39 is 0 Å². The second-order valence-electron chi connectivity index (χ2n) is 4.35. The summed E-state index contributed by atoms with van der Waals surface area (Å²) in [5.41, 5.74) is -0.105. The van der Waals surface area contributed by atoms with Gasteiger partial charge < -0.3 is 14.8 Å². The van der Waals surface area contributed by atoms with Gasteiger partial charge >= 0.3 is 0 Å². The molecule has 2 rings (SSSR count). The van der Waals surface area contributed by atoms with Crippen molar-refractivity contribution in [3.63, 3.8) is 0 Å². The van der Waals surface area contributed by atoms with Gasteiger partial charge in [0.1, 0.15) is 0 Å². The predicted molar refractivity (Wildman–Crippen MR) is 70.5 cm³/mol. The first-order chi connectivity index (χ1) is 8.32. The zero-order valence-corrected chi connectivity index (χ0v) is 11.4. The highest BCUT2D eigenvalue weighted by Crippen LogP contribution is 2.39. The summed E-state index contributed by atoms with van der Waals surface area (Å²) in [7, 11) is 2.01. The van der Waals surface area contributed by atoms with Gasteiger partial charge in [-0.2, -0.15) is 0 Å². The first-order valence-corrected chi connectivity index (χ1v) is 7.13. The van der Waals surface area contributed by atoms with Crippen molar-refractivity contribution >= 4 is 11.3 Å². The van der Waals surface area contributed by atoms with Crippen LogP contribution in [0.2, 0.25) is 0 Å². The molecule has 1 fully saturated rings. The van der Waals surface area contributed by atoms with Gasteiger partial charge in [0.2, 0.25) is 0 Å². The lowest BCUT2D eigenvalue weighted by Crippen LogP contribution is -2.48. The third-order valence-electron chi connectivity index (χ3n) is 3.41. The van der Waals surface area contributed by atoms with Crippen LogP contribution in [0.3, 0.4) is 0 Å². The summed E-state index contributed by atoms with van der Waals surface area (Å²) >= 11 is 1.79. The van der Waals surface area contributed by atoms with Crippen molar-refractivity contribution in [2.24, 2.45) is 0 Å². The summed E-state index contributed by atoms with van der Waals surface area (Å²) in [6, 6.07) is 4.55. The van der Waals surface area contributed by atoms with Gasteiger partial charge in [-0.3, -0.25) is 0 Å². The lowest BCUT2D eigenvalue weighted by molar-refractivity contribution is -0.126. The quantitative estimate of drug-likeness (QED) is 0.877. The number of rotatable bonds is 5. The summed E-state index contributed by atoms with van der Waals surface area (Å²) in [6.45, 7) is 4.41. The van der Waals surface area contributed by atoms with Gasteiger partial charge in [0.25, 0.3) is 0 Å². The van der Waals surface area contributed by atoms with Crippen molar-refractivity contribution in [2.45, 2.75) is 31.4 Å². The van der Waals surface area contributed by atoms with Crippen molar-refractivity contribution in [3.8, 4) is 0 Å². The van der Waals surface area contributed by atoms with E-state index >= 15 is 0 Å². The van der Waals surface area contributed by atoms with Crippen LogP contribution in [-0.4, -0.2) is 32.5 Å². The molecule has 1 saturated heterocycles. The SMILES string of the molecule is CCOC1(C(NC)c2cccs2)CCOCC1. The van der Waals surface area contributed by atoms with Crippen molar-refractivity contribution in [1.82, 2.24) is 5.32 Å². The van der Waals surface area contributed by atoms with Gasteiger partial charge in [-0.1, -0.05) is 6.07 Å². The van der Waals surface area contributed by atoms with Crippen LogP contribution in [0.1, 0.15) is 30.7 Å². The van der Waals surface area contributed by atoms with E-state index in [1.54, 1.807) is 11.3 Å². The van der Waals surface area contributed by atoms with Gasteiger partial charge in [-0.05, 0) is 25.4 Å². The number of likely N-dealkylation sites (N-methyl/N-ethyl adjacent to an activating group) is 1. The Hall–Kier alpha value is -0.420. The molecule has 1 unspecified atom stereocenters. The fourth-order valence-corrected chi connectivity index (χ4v) is 3.58. The first-order valence-electron chi connectivity index (χ1n) is 6.25. The van der Waals surface area contributed by atoms with Crippen LogP contribution < -0.4 is 5.32 Å². The minimum absolute atomic E-state index is 0.105. The zero-order valence-electron chi connectivity index (χ0n) is 10.6. The van der Waals surface area contributed by atoms with Crippen LogP contribution in [0.5, 0.6) is 0 Å². The molecule has 96 valence electrons. The summed E-state index contributed by atoms with van der Waals surface area (Å²) in [4.78, 5) is 1.35. The summed E-state index contributed by atoms with van der Waals surface area (Å²) in [5, 5.41) is 5.55. The Morgan fingerprint density at radius 2 is 2.29 bits per heavy atom. The molecule has 0 aliphatic carbocycles. The highest BCUT2D eigenvalue weighted by molar-refractivity contribution is 7.10. The molecule has 1 aromatic heterocycles. The summed E-state index contributed by atoms with van der Waals surface area (Å²) < 4.78 is 11.6. The molecule has 4 heteroatoms. The molecule has 1 N–H and O–H groups in total. The minimum atomic E-state index is -0.105. The largest absolute Gasteiger partial charge is 0.381 e.